The third-order valence-electron chi connectivity index (χ3n) is 2.84. The van der Waals surface area contributed by atoms with E-state index in [0.29, 0.717) is 11.6 Å². The van der Waals surface area contributed by atoms with Gasteiger partial charge in [0.25, 0.3) is 0 Å². The first-order chi connectivity index (χ1) is 8.97. The molecule has 0 aliphatic heterocycles. The van der Waals surface area contributed by atoms with E-state index in [2.05, 4.69) is 51.8 Å². The molecule has 0 spiro atoms. The summed E-state index contributed by atoms with van der Waals surface area (Å²) >= 11 is 1.46. The zero-order valence-electron chi connectivity index (χ0n) is 13.4. The molecule has 0 aliphatic carbocycles. The van der Waals surface area contributed by atoms with Gasteiger partial charge in [0.05, 0.1) is 5.69 Å². The number of anilines is 1. The number of nitrogens with zero attached hydrogens (tertiary/aromatic N) is 1. The second-order valence-corrected chi connectivity index (χ2v) is 8.42. The summed E-state index contributed by atoms with van der Waals surface area (Å²) in [7, 11) is 0. The van der Waals surface area contributed by atoms with Crippen molar-refractivity contribution in [2.75, 3.05) is 5.32 Å². The molecule has 1 amide bonds. The molecule has 1 aromatic heterocycles. The molecule has 3 N–H and O–H groups in total. The number of nitrogens with two attached hydrogens (primary N) is 1. The third-order valence-corrected chi connectivity index (χ3v) is 3.60. The molecule has 1 aromatic rings. The van der Waals surface area contributed by atoms with Crippen LogP contribution in [0, 0.1) is 5.41 Å². The van der Waals surface area contributed by atoms with Crippen molar-refractivity contribution in [3.05, 3.63) is 11.1 Å². The molecule has 5 heteroatoms. The second-order valence-electron chi connectivity index (χ2n) is 7.57. The number of carbonyl (C=O) groups excluding carboxylic acids is 1. The summed E-state index contributed by atoms with van der Waals surface area (Å²) in [5, 5.41) is 5.49. The quantitative estimate of drug-likeness (QED) is 0.893. The van der Waals surface area contributed by atoms with Crippen LogP contribution in [0.4, 0.5) is 5.13 Å². The normalized spacial score (nSPS) is 14.2. The van der Waals surface area contributed by atoms with Crippen molar-refractivity contribution in [2.45, 2.75) is 65.8 Å². The van der Waals surface area contributed by atoms with Crippen molar-refractivity contribution in [3.63, 3.8) is 0 Å². The number of rotatable bonds is 4. The Bertz CT molecular complexity index is 454. The van der Waals surface area contributed by atoms with Crippen LogP contribution in [0.15, 0.2) is 5.38 Å². The highest BCUT2D eigenvalue weighted by Crippen LogP contribution is 2.26. The van der Waals surface area contributed by atoms with Crippen LogP contribution in [0.1, 0.15) is 60.1 Å². The van der Waals surface area contributed by atoms with Gasteiger partial charge < -0.3 is 11.1 Å². The van der Waals surface area contributed by atoms with Crippen molar-refractivity contribution < 1.29 is 4.79 Å². The Balaban J connectivity index is 2.53. The standard InChI is InChI=1S/C15H27N3OS/c1-14(2,3)8-10(16)7-12(19)18-13-17-11(9-20-13)15(4,5)6/h9-10H,7-8,16H2,1-6H3,(H,17,18,19). The third kappa shape index (κ3) is 6.01. The predicted octanol–water partition coefficient (Wildman–Crippen LogP) is 3.53. The van der Waals surface area contributed by atoms with Crippen LogP contribution in [0.5, 0.6) is 0 Å². The Morgan fingerprint density at radius 1 is 1.35 bits per heavy atom. The number of nitrogens with one attached hydrogen (secondary N) is 1. The molecule has 1 heterocycles. The van der Waals surface area contributed by atoms with Crippen LogP contribution < -0.4 is 11.1 Å². The van der Waals surface area contributed by atoms with E-state index in [9.17, 15) is 4.79 Å². The lowest BCUT2D eigenvalue weighted by Gasteiger charge is -2.22. The summed E-state index contributed by atoms with van der Waals surface area (Å²) in [6, 6.07) is -0.114. The summed E-state index contributed by atoms with van der Waals surface area (Å²) in [6.45, 7) is 12.7. The molecular formula is C15H27N3OS. The predicted molar refractivity (Wildman–Crippen MR) is 86.1 cm³/mol. The maximum atomic E-state index is 11.9. The number of hydrogen-bond donors (Lipinski definition) is 2. The van der Waals surface area contributed by atoms with Crippen molar-refractivity contribution in [1.29, 1.82) is 0 Å². The lowest BCUT2D eigenvalue weighted by molar-refractivity contribution is -0.116. The Morgan fingerprint density at radius 2 is 1.95 bits per heavy atom. The molecule has 0 aliphatic rings. The molecule has 1 rings (SSSR count). The Morgan fingerprint density at radius 3 is 2.40 bits per heavy atom. The average molecular weight is 297 g/mol. The van der Waals surface area contributed by atoms with Gasteiger partial charge in [-0.3, -0.25) is 4.79 Å². The fraction of sp³-hybridized carbons (Fsp3) is 0.733. The average Bonchev–Trinajstić information content (AvgIpc) is 2.61. The Labute approximate surface area is 126 Å². The fourth-order valence-electron chi connectivity index (χ4n) is 1.94. The minimum atomic E-state index is -0.114. The van der Waals surface area contributed by atoms with Crippen molar-refractivity contribution in [1.82, 2.24) is 4.98 Å². The smallest absolute Gasteiger partial charge is 0.227 e. The lowest BCUT2D eigenvalue weighted by Crippen LogP contribution is -2.31. The van der Waals surface area contributed by atoms with Gasteiger partial charge in [-0.25, -0.2) is 4.98 Å². The highest BCUT2D eigenvalue weighted by Gasteiger charge is 2.20. The number of amides is 1. The Hall–Kier alpha value is -0.940. The van der Waals surface area contributed by atoms with E-state index < -0.39 is 0 Å². The summed E-state index contributed by atoms with van der Waals surface area (Å²) in [5.41, 5.74) is 7.15. The van der Waals surface area contributed by atoms with Crippen LogP contribution in [-0.4, -0.2) is 16.9 Å². The molecule has 0 aromatic carbocycles. The summed E-state index contributed by atoms with van der Waals surface area (Å²) < 4.78 is 0. The van der Waals surface area contributed by atoms with E-state index in [1.165, 1.54) is 11.3 Å². The zero-order valence-corrected chi connectivity index (χ0v) is 14.2. The van der Waals surface area contributed by atoms with Gasteiger partial charge in [0, 0.05) is 23.3 Å². The van der Waals surface area contributed by atoms with E-state index in [4.69, 9.17) is 5.73 Å². The molecule has 1 unspecified atom stereocenters. The van der Waals surface area contributed by atoms with Gasteiger partial charge in [-0.2, -0.15) is 0 Å². The van der Waals surface area contributed by atoms with Crippen LogP contribution in [0.3, 0.4) is 0 Å². The van der Waals surface area contributed by atoms with Gasteiger partial charge in [-0.05, 0) is 11.8 Å². The van der Waals surface area contributed by atoms with Gasteiger partial charge in [0.2, 0.25) is 5.91 Å². The minimum Gasteiger partial charge on any atom is -0.327 e. The monoisotopic (exact) mass is 297 g/mol. The van der Waals surface area contributed by atoms with E-state index in [1.54, 1.807) is 0 Å². The van der Waals surface area contributed by atoms with E-state index in [1.807, 2.05) is 5.38 Å². The maximum absolute atomic E-state index is 11.9. The lowest BCUT2D eigenvalue weighted by atomic mass is 9.87. The molecule has 1 atom stereocenters. The first kappa shape index (κ1) is 17.1. The van der Waals surface area contributed by atoms with Crippen LogP contribution in [-0.2, 0) is 10.2 Å². The first-order valence-electron chi connectivity index (χ1n) is 6.99. The topological polar surface area (TPSA) is 68.0 Å². The largest absolute Gasteiger partial charge is 0.327 e. The van der Waals surface area contributed by atoms with Gasteiger partial charge >= 0.3 is 0 Å². The van der Waals surface area contributed by atoms with Gasteiger partial charge in [0.1, 0.15) is 0 Å². The molecule has 0 bridgehead atoms. The van der Waals surface area contributed by atoms with Gasteiger partial charge in [0.15, 0.2) is 5.13 Å². The number of thiazole rings is 1. The van der Waals surface area contributed by atoms with Crippen LogP contribution in [0.2, 0.25) is 0 Å². The second kappa shape index (κ2) is 6.22. The van der Waals surface area contributed by atoms with Crippen molar-refractivity contribution >= 4 is 22.4 Å². The molecule has 0 radical (unpaired) electrons. The molecular weight excluding hydrogens is 270 g/mol. The molecule has 4 nitrogen and oxygen atoms in total. The fourth-order valence-corrected chi connectivity index (χ4v) is 2.90. The SMILES string of the molecule is CC(C)(C)CC(N)CC(=O)Nc1nc(C(C)(C)C)cs1. The zero-order chi connectivity index (χ0) is 15.6. The number of carbonyl (C=O) groups is 1. The highest BCUT2D eigenvalue weighted by molar-refractivity contribution is 7.13. The first-order valence-corrected chi connectivity index (χ1v) is 7.87. The van der Waals surface area contributed by atoms with Crippen LogP contribution >= 0.6 is 11.3 Å². The van der Waals surface area contributed by atoms with Crippen LogP contribution in [0.25, 0.3) is 0 Å². The molecule has 0 saturated heterocycles. The molecule has 114 valence electrons. The van der Waals surface area contributed by atoms with E-state index in [-0.39, 0.29) is 22.8 Å². The summed E-state index contributed by atoms with van der Waals surface area (Å²) in [5.74, 6) is -0.0587. The number of aromatic nitrogens is 1. The molecule has 0 fully saturated rings. The van der Waals surface area contributed by atoms with E-state index >= 15 is 0 Å². The highest BCUT2D eigenvalue weighted by atomic mass is 32.1. The molecule has 0 saturated carbocycles. The Kier molecular flexibility index (Phi) is 5.33. The summed E-state index contributed by atoms with van der Waals surface area (Å²) in [4.78, 5) is 16.4. The maximum Gasteiger partial charge on any atom is 0.227 e. The van der Waals surface area contributed by atoms with Crippen molar-refractivity contribution in [2.24, 2.45) is 11.1 Å². The molecule has 20 heavy (non-hydrogen) atoms. The van der Waals surface area contributed by atoms with E-state index in [0.717, 1.165) is 12.1 Å². The summed E-state index contributed by atoms with van der Waals surface area (Å²) in [6.07, 6.45) is 1.16. The van der Waals surface area contributed by atoms with Crippen molar-refractivity contribution in [3.8, 4) is 0 Å². The van der Waals surface area contributed by atoms with Gasteiger partial charge in [-0.15, -0.1) is 11.3 Å². The van der Waals surface area contributed by atoms with Gasteiger partial charge in [-0.1, -0.05) is 41.5 Å². The minimum absolute atomic E-state index is 0.00210. The number of hydrogen-bond acceptors (Lipinski definition) is 4.